The summed E-state index contributed by atoms with van der Waals surface area (Å²) in [6.07, 6.45) is 3.24. The highest BCUT2D eigenvalue weighted by atomic mass is 16.6. The van der Waals surface area contributed by atoms with E-state index >= 15 is 0 Å². The first-order chi connectivity index (χ1) is 13.5. The van der Waals surface area contributed by atoms with Crippen LogP contribution in [-0.2, 0) is 11.2 Å². The number of rotatable bonds is 4. The number of likely N-dealkylation sites (tertiary alicyclic amines) is 1. The zero-order valence-corrected chi connectivity index (χ0v) is 15.8. The van der Waals surface area contributed by atoms with E-state index in [9.17, 15) is 14.7 Å². The second-order valence-corrected chi connectivity index (χ2v) is 7.16. The first-order valence-electron chi connectivity index (χ1n) is 9.46. The molecule has 0 bridgehead atoms. The summed E-state index contributed by atoms with van der Waals surface area (Å²) in [5, 5.41) is 13.4. The van der Waals surface area contributed by atoms with Crippen LogP contribution in [0.5, 0.6) is 11.5 Å². The molecule has 0 spiro atoms. The van der Waals surface area contributed by atoms with Crippen molar-refractivity contribution in [2.75, 3.05) is 26.3 Å². The molecular formula is C20H23N3O5. The fourth-order valence-corrected chi connectivity index (χ4v) is 3.85. The minimum atomic E-state index is -0.962. The van der Waals surface area contributed by atoms with Gasteiger partial charge in [0.2, 0.25) is 5.91 Å². The van der Waals surface area contributed by atoms with Gasteiger partial charge in [0.1, 0.15) is 18.8 Å². The lowest BCUT2D eigenvalue weighted by atomic mass is 10.0. The lowest BCUT2D eigenvalue weighted by molar-refractivity contribution is -0.131. The predicted molar refractivity (Wildman–Crippen MR) is 99.9 cm³/mol. The molecule has 3 heterocycles. The number of ether oxygens (including phenoxy) is 2. The average Bonchev–Trinajstić information content (AvgIpc) is 3.09. The SMILES string of the molecule is Cc1c(C(=O)O)cnn1C1CCN(C(=O)Cc2ccc3c(c2)OCCO3)CC1. The van der Waals surface area contributed by atoms with Gasteiger partial charge in [-0.1, -0.05) is 6.07 Å². The zero-order chi connectivity index (χ0) is 19.7. The fraction of sp³-hybridized carbons (Fsp3) is 0.450. The number of carboxylic acids is 1. The Kier molecular flexibility index (Phi) is 4.93. The van der Waals surface area contributed by atoms with E-state index in [4.69, 9.17) is 9.47 Å². The number of nitrogens with zero attached hydrogens (tertiary/aromatic N) is 3. The van der Waals surface area contributed by atoms with Gasteiger partial charge in [0, 0.05) is 13.1 Å². The van der Waals surface area contributed by atoms with Gasteiger partial charge in [0.25, 0.3) is 0 Å². The van der Waals surface area contributed by atoms with Gasteiger partial charge in [0.15, 0.2) is 11.5 Å². The number of aromatic carboxylic acids is 1. The minimum absolute atomic E-state index is 0.0820. The summed E-state index contributed by atoms with van der Waals surface area (Å²) in [6.45, 7) is 4.11. The average molecular weight is 385 g/mol. The third-order valence-corrected chi connectivity index (χ3v) is 5.40. The quantitative estimate of drug-likeness (QED) is 0.866. The van der Waals surface area contributed by atoms with Crippen LogP contribution in [0.1, 0.15) is 40.5 Å². The predicted octanol–water partition coefficient (Wildman–Crippen LogP) is 2.07. The highest BCUT2D eigenvalue weighted by Crippen LogP contribution is 2.31. The lowest BCUT2D eigenvalue weighted by Crippen LogP contribution is -2.40. The number of benzene rings is 1. The molecular weight excluding hydrogens is 362 g/mol. The summed E-state index contributed by atoms with van der Waals surface area (Å²) >= 11 is 0. The van der Waals surface area contributed by atoms with E-state index in [0.717, 1.165) is 24.2 Å². The van der Waals surface area contributed by atoms with Crippen LogP contribution in [0.15, 0.2) is 24.4 Å². The standard InChI is InChI=1S/C20H23N3O5/c1-13-16(20(25)26)12-21-23(13)15-4-6-22(7-5-15)19(24)11-14-2-3-17-18(10-14)28-9-8-27-17/h2-3,10,12,15H,4-9,11H2,1H3,(H,25,26). The Labute approximate surface area is 162 Å². The number of aromatic nitrogens is 2. The van der Waals surface area contributed by atoms with Crippen molar-refractivity contribution in [3.05, 3.63) is 41.2 Å². The van der Waals surface area contributed by atoms with Crippen LogP contribution in [0.25, 0.3) is 0 Å². The van der Waals surface area contributed by atoms with Gasteiger partial charge in [-0.25, -0.2) is 4.79 Å². The van der Waals surface area contributed by atoms with Crippen LogP contribution < -0.4 is 9.47 Å². The molecule has 4 rings (SSSR count). The monoisotopic (exact) mass is 385 g/mol. The molecule has 1 amide bonds. The number of hydrogen-bond acceptors (Lipinski definition) is 5. The smallest absolute Gasteiger partial charge is 0.339 e. The van der Waals surface area contributed by atoms with E-state index in [1.54, 1.807) is 11.6 Å². The van der Waals surface area contributed by atoms with E-state index in [2.05, 4.69) is 5.10 Å². The molecule has 1 fully saturated rings. The highest BCUT2D eigenvalue weighted by molar-refractivity contribution is 5.88. The Morgan fingerprint density at radius 2 is 1.89 bits per heavy atom. The molecule has 2 aromatic rings. The molecule has 1 N–H and O–H groups in total. The molecule has 1 aromatic carbocycles. The highest BCUT2D eigenvalue weighted by Gasteiger charge is 2.26. The normalized spacial score (nSPS) is 16.8. The summed E-state index contributed by atoms with van der Waals surface area (Å²) in [4.78, 5) is 25.8. The molecule has 8 heteroatoms. The Hall–Kier alpha value is -3.03. The van der Waals surface area contributed by atoms with Crippen molar-refractivity contribution in [1.29, 1.82) is 0 Å². The molecule has 0 unspecified atom stereocenters. The number of piperidine rings is 1. The summed E-state index contributed by atoms with van der Waals surface area (Å²) in [7, 11) is 0. The largest absolute Gasteiger partial charge is 0.486 e. The van der Waals surface area contributed by atoms with Crippen molar-refractivity contribution in [1.82, 2.24) is 14.7 Å². The van der Waals surface area contributed by atoms with Gasteiger partial charge < -0.3 is 19.5 Å². The van der Waals surface area contributed by atoms with Crippen LogP contribution in [0.2, 0.25) is 0 Å². The van der Waals surface area contributed by atoms with Crippen molar-refractivity contribution in [2.24, 2.45) is 0 Å². The molecule has 8 nitrogen and oxygen atoms in total. The molecule has 0 radical (unpaired) electrons. The second-order valence-electron chi connectivity index (χ2n) is 7.16. The summed E-state index contributed by atoms with van der Waals surface area (Å²) in [6, 6.07) is 5.74. The van der Waals surface area contributed by atoms with E-state index in [1.807, 2.05) is 23.1 Å². The maximum Gasteiger partial charge on any atom is 0.339 e. The lowest BCUT2D eigenvalue weighted by Gasteiger charge is -2.32. The van der Waals surface area contributed by atoms with Crippen molar-refractivity contribution in [2.45, 2.75) is 32.2 Å². The van der Waals surface area contributed by atoms with Crippen LogP contribution in [0.3, 0.4) is 0 Å². The third kappa shape index (κ3) is 3.54. The summed E-state index contributed by atoms with van der Waals surface area (Å²) < 4.78 is 12.9. The van der Waals surface area contributed by atoms with Gasteiger partial charge in [-0.05, 0) is 37.5 Å². The van der Waals surface area contributed by atoms with Crippen molar-refractivity contribution < 1.29 is 24.2 Å². The Bertz CT molecular complexity index is 899. The molecule has 2 aliphatic rings. The second kappa shape index (κ2) is 7.53. The maximum absolute atomic E-state index is 12.7. The molecule has 148 valence electrons. The van der Waals surface area contributed by atoms with E-state index in [0.29, 0.717) is 44.2 Å². The molecule has 2 aliphatic heterocycles. The number of carbonyl (C=O) groups excluding carboxylic acids is 1. The zero-order valence-electron chi connectivity index (χ0n) is 15.8. The van der Waals surface area contributed by atoms with Crippen molar-refractivity contribution in [3.63, 3.8) is 0 Å². The van der Waals surface area contributed by atoms with Crippen LogP contribution in [-0.4, -0.2) is 58.0 Å². The van der Waals surface area contributed by atoms with Gasteiger partial charge in [0.05, 0.1) is 24.4 Å². The van der Waals surface area contributed by atoms with E-state index in [1.165, 1.54) is 6.20 Å². The number of carboxylic acid groups (broad SMARTS) is 1. The van der Waals surface area contributed by atoms with Gasteiger partial charge in [-0.3, -0.25) is 9.48 Å². The molecule has 0 aliphatic carbocycles. The van der Waals surface area contributed by atoms with Gasteiger partial charge in [-0.2, -0.15) is 5.10 Å². The van der Waals surface area contributed by atoms with E-state index < -0.39 is 5.97 Å². The minimum Gasteiger partial charge on any atom is -0.486 e. The van der Waals surface area contributed by atoms with Crippen molar-refractivity contribution in [3.8, 4) is 11.5 Å². The molecule has 28 heavy (non-hydrogen) atoms. The van der Waals surface area contributed by atoms with E-state index in [-0.39, 0.29) is 17.5 Å². The summed E-state index contributed by atoms with van der Waals surface area (Å²) in [5.41, 5.74) is 1.80. The number of fused-ring (bicyclic) bond motifs is 1. The van der Waals surface area contributed by atoms with Crippen LogP contribution in [0.4, 0.5) is 0 Å². The number of amides is 1. The molecule has 1 aromatic heterocycles. The first kappa shape index (κ1) is 18.3. The van der Waals surface area contributed by atoms with Crippen LogP contribution in [0, 0.1) is 6.92 Å². The topological polar surface area (TPSA) is 93.9 Å². The third-order valence-electron chi connectivity index (χ3n) is 5.40. The molecule has 1 saturated heterocycles. The molecule has 0 saturated carbocycles. The Morgan fingerprint density at radius 3 is 2.57 bits per heavy atom. The number of hydrogen-bond donors (Lipinski definition) is 1. The van der Waals surface area contributed by atoms with Gasteiger partial charge in [-0.15, -0.1) is 0 Å². The Balaban J connectivity index is 1.36. The van der Waals surface area contributed by atoms with Crippen molar-refractivity contribution >= 4 is 11.9 Å². The Morgan fingerprint density at radius 1 is 1.18 bits per heavy atom. The first-order valence-corrected chi connectivity index (χ1v) is 9.46. The maximum atomic E-state index is 12.7. The number of carbonyl (C=O) groups is 2. The van der Waals surface area contributed by atoms with Crippen LogP contribution >= 0.6 is 0 Å². The van der Waals surface area contributed by atoms with Gasteiger partial charge >= 0.3 is 5.97 Å². The fourth-order valence-electron chi connectivity index (χ4n) is 3.85. The molecule has 0 atom stereocenters. The summed E-state index contributed by atoms with van der Waals surface area (Å²) in [5.74, 6) is 0.534.